The van der Waals surface area contributed by atoms with E-state index in [9.17, 15) is 0 Å². The van der Waals surface area contributed by atoms with E-state index in [1.807, 2.05) is 6.08 Å². The van der Waals surface area contributed by atoms with Crippen LogP contribution in [0.4, 0.5) is 0 Å². The summed E-state index contributed by atoms with van der Waals surface area (Å²) in [6.07, 6.45) is 5.77. The molecule has 0 heterocycles. The number of allylic oxidation sites excluding steroid dienone is 1. The lowest BCUT2D eigenvalue weighted by molar-refractivity contribution is 0.420. The van der Waals surface area contributed by atoms with E-state index in [2.05, 4.69) is 6.92 Å². The molecule has 0 saturated heterocycles. The van der Waals surface area contributed by atoms with E-state index in [0.29, 0.717) is 0 Å². The van der Waals surface area contributed by atoms with Gasteiger partial charge < -0.3 is 5.11 Å². The van der Waals surface area contributed by atoms with Gasteiger partial charge in [0.05, 0.1) is 0 Å². The zero-order valence-electron chi connectivity index (χ0n) is 4.59. The van der Waals surface area contributed by atoms with E-state index in [1.165, 1.54) is 0 Å². The largest absolute Gasteiger partial charge is 0.386 e. The molecule has 0 aliphatic rings. The zero-order chi connectivity index (χ0) is 5.54. The van der Waals surface area contributed by atoms with Gasteiger partial charge in [-0.3, -0.25) is 0 Å². The van der Waals surface area contributed by atoms with E-state index >= 15 is 0 Å². The summed E-state index contributed by atoms with van der Waals surface area (Å²) in [5.74, 6) is 0. The van der Waals surface area contributed by atoms with Crippen molar-refractivity contribution in [3.63, 3.8) is 0 Å². The highest BCUT2D eigenvalue weighted by atomic mass is 16.2. The maximum Gasteiger partial charge on any atom is 0.102 e. The molecule has 0 fully saturated rings. The molecule has 0 aliphatic carbocycles. The summed E-state index contributed by atoms with van der Waals surface area (Å²) >= 11 is 0. The average Bonchev–Trinajstić information content (AvgIpc) is 1.69. The fourth-order valence-electron chi connectivity index (χ4n) is 0.324. The molecule has 41 valence electrons. The van der Waals surface area contributed by atoms with Crippen LogP contribution in [0.2, 0.25) is 0 Å². The summed E-state index contributed by atoms with van der Waals surface area (Å²) in [4.78, 5) is 0. The first-order chi connectivity index (χ1) is 3.41. The number of aliphatic hydroxyl groups is 1. The van der Waals surface area contributed by atoms with Gasteiger partial charge in [0, 0.05) is 0 Å². The molecule has 0 aromatic carbocycles. The third-order valence-electron chi connectivity index (χ3n) is 0.677. The van der Waals surface area contributed by atoms with Gasteiger partial charge in [0.1, 0.15) is 6.61 Å². The highest BCUT2D eigenvalue weighted by Crippen LogP contribution is 1.87. The number of rotatable bonds is 3. The van der Waals surface area contributed by atoms with E-state index in [1.54, 1.807) is 6.08 Å². The Morgan fingerprint density at radius 2 is 2.29 bits per heavy atom. The smallest absolute Gasteiger partial charge is 0.102 e. The van der Waals surface area contributed by atoms with Crippen LogP contribution in [0.3, 0.4) is 0 Å². The van der Waals surface area contributed by atoms with Crippen LogP contribution in [-0.2, 0) is 0 Å². The third-order valence-corrected chi connectivity index (χ3v) is 0.677. The molecule has 1 N–H and O–H groups in total. The molecule has 0 aliphatic heterocycles. The molecule has 0 rings (SSSR count). The first-order valence-electron chi connectivity index (χ1n) is 2.54. The molecule has 7 heavy (non-hydrogen) atoms. The molecule has 0 bridgehead atoms. The molecule has 0 atom stereocenters. The Kier molecular flexibility index (Phi) is 5.46. The van der Waals surface area contributed by atoms with Gasteiger partial charge in [0.15, 0.2) is 0 Å². The zero-order valence-corrected chi connectivity index (χ0v) is 4.59. The number of hydrogen-bond acceptors (Lipinski definition) is 1. The monoisotopic (exact) mass is 99.1 g/mol. The van der Waals surface area contributed by atoms with E-state index in [4.69, 9.17) is 5.11 Å². The van der Waals surface area contributed by atoms with Gasteiger partial charge in [-0.25, -0.2) is 0 Å². The van der Waals surface area contributed by atoms with Crippen molar-refractivity contribution in [3.05, 3.63) is 18.8 Å². The highest BCUT2D eigenvalue weighted by molar-refractivity contribution is 4.86. The third kappa shape index (κ3) is 5.70. The van der Waals surface area contributed by atoms with Gasteiger partial charge in [-0.05, 0) is 6.42 Å². The minimum atomic E-state index is 1.05. The van der Waals surface area contributed by atoms with E-state index in [0.717, 1.165) is 19.4 Å². The summed E-state index contributed by atoms with van der Waals surface area (Å²) in [7, 11) is 0. The average molecular weight is 99.2 g/mol. The van der Waals surface area contributed by atoms with Crippen molar-refractivity contribution in [1.29, 1.82) is 0 Å². The highest BCUT2D eigenvalue weighted by Gasteiger charge is 1.69. The maximum absolute atomic E-state index is 8.08. The van der Waals surface area contributed by atoms with Crippen LogP contribution in [0.5, 0.6) is 0 Å². The van der Waals surface area contributed by atoms with Crippen LogP contribution in [0.25, 0.3) is 0 Å². The lowest BCUT2D eigenvalue weighted by atomic mass is 10.3. The number of hydrogen-bond donors (Lipinski definition) is 1. The number of aliphatic hydroxyl groups excluding tert-OH is 1. The van der Waals surface area contributed by atoms with Crippen molar-refractivity contribution >= 4 is 0 Å². The number of unbranched alkanes of at least 4 members (excludes halogenated alkanes) is 1. The first-order valence-corrected chi connectivity index (χ1v) is 2.54. The van der Waals surface area contributed by atoms with E-state index < -0.39 is 0 Å². The van der Waals surface area contributed by atoms with Gasteiger partial charge in [0.2, 0.25) is 0 Å². The topological polar surface area (TPSA) is 20.2 Å². The Morgan fingerprint density at radius 3 is 2.71 bits per heavy atom. The molecule has 0 aromatic rings. The van der Waals surface area contributed by atoms with Gasteiger partial charge in [0.25, 0.3) is 0 Å². The normalized spacial score (nSPS) is 10.6. The standard InChI is InChI=1S/C6H11O/c1-2-3-4-5-6-7/h4-7H,2-3H2,1H3/b5-4+. The summed E-state index contributed by atoms with van der Waals surface area (Å²) < 4.78 is 0. The van der Waals surface area contributed by atoms with Crippen molar-refractivity contribution in [2.45, 2.75) is 19.8 Å². The Hall–Kier alpha value is -0.300. The minimum absolute atomic E-state index is 1.05. The van der Waals surface area contributed by atoms with Crippen LogP contribution in [0.15, 0.2) is 12.2 Å². The van der Waals surface area contributed by atoms with Crippen molar-refractivity contribution in [2.75, 3.05) is 0 Å². The van der Waals surface area contributed by atoms with Crippen molar-refractivity contribution in [3.8, 4) is 0 Å². The van der Waals surface area contributed by atoms with Crippen molar-refractivity contribution in [2.24, 2.45) is 0 Å². The van der Waals surface area contributed by atoms with Crippen molar-refractivity contribution < 1.29 is 5.11 Å². The molecule has 1 radical (unpaired) electrons. The molecule has 0 spiro atoms. The van der Waals surface area contributed by atoms with Crippen LogP contribution >= 0.6 is 0 Å². The fourth-order valence-corrected chi connectivity index (χ4v) is 0.324. The summed E-state index contributed by atoms with van der Waals surface area (Å²) in [5.41, 5.74) is 0. The lowest BCUT2D eigenvalue weighted by Crippen LogP contribution is -1.62. The SMILES string of the molecule is CCC/C=C/[CH]O. The second-order valence-corrected chi connectivity index (χ2v) is 1.37. The maximum atomic E-state index is 8.08. The quantitative estimate of drug-likeness (QED) is 0.572. The van der Waals surface area contributed by atoms with Crippen molar-refractivity contribution in [1.82, 2.24) is 0 Å². The predicted molar refractivity (Wildman–Crippen MR) is 30.3 cm³/mol. The minimum Gasteiger partial charge on any atom is -0.386 e. The first kappa shape index (κ1) is 6.70. The summed E-state index contributed by atoms with van der Waals surface area (Å²) in [6.45, 7) is 3.15. The molecule has 1 heteroatoms. The van der Waals surface area contributed by atoms with Gasteiger partial charge in [-0.1, -0.05) is 25.5 Å². The second-order valence-electron chi connectivity index (χ2n) is 1.37. The summed E-state index contributed by atoms with van der Waals surface area (Å²) in [5, 5.41) is 8.08. The molecular weight excluding hydrogens is 88.1 g/mol. The van der Waals surface area contributed by atoms with Gasteiger partial charge in [-0.2, -0.15) is 0 Å². The van der Waals surface area contributed by atoms with Gasteiger partial charge in [-0.15, -0.1) is 0 Å². The van der Waals surface area contributed by atoms with Crippen LogP contribution in [-0.4, -0.2) is 5.11 Å². The van der Waals surface area contributed by atoms with E-state index in [-0.39, 0.29) is 0 Å². The lowest BCUT2D eigenvalue weighted by Gasteiger charge is -1.79. The molecule has 0 amide bonds. The van der Waals surface area contributed by atoms with Crippen LogP contribution < -0.4 is 0 Å². The second kappa shape index (κ2) is 5.70. The molecule has 1 nitrogen and oxygen atoms in total. The van der Waals surface area contributed by atoms with Crippen LogP contribution in [0, 0.1) is 6.61 Å². The Morgan fingerprint density at radius 1 is 1.57 bits per heavy atom. The fraction of sp³-hybridized carbons (Fsp3) is 0.500. The molecule has 0 unspecified atom stereocenters. The molecular formula is C6H11O. The Labute approximate surface area is 44.7 Å². The molecule has 0 aromatic heterocycles. The predicted octanol–water partition coefficient (Wildman–Crippen LogP) is 1.88. The summed E-state index contributed by atoms with van der Waals surface area (Å²) in [6, 6.07) is 0. The van der Waals surface area contributed by atoms with Crippen LogP contribution in [0.1, 0.15) is 19.8 Å². The Bertz CT molecular complexity index is 48.1. The molecule has 0 saturated carbocycles. The Balaban J connectivity index is 2.78. The van der Waals surface area contributed by atoms with Gasteiger partial charge >= 0.3 is 0 Å².